The average molecular weight is 111 g/mol. The van der Waals surface area contributed by atoms with E-state index in [1.165, 1.54) is 0 Å². The summed E-state index contributed by atoms with van der Waals surface area (Å²) in [4.78, 5) is 4.59. The maximum Gasteiger partial charge on any atom is 0.0868 e. The van der Waals surface area contributed by atoms with Gasteiger partial charge in [-0.15, -0.1) is 5.73 Å². The van der Waals surface area contributed by atoms with Crippen LogP contribution in [0, 0.1) is 0 Å². The largest absolute Gasteiger partial charge is 0.301 e. The molecule has 44 valence electrons. The van der Waals surface area contributed by atoms with Crippen LogP contribution in [0.15, 0.2) is 17.9 Å². The van der Waals surface area contributed by atoms with Gasteiger partial charge in [0.25, 0.3) is 0 Å². The first-order chi connectivity index (χ1) is 3.93. The molecule has 1 aliphatic carbocycles. The highest BCUT2D eigenvalue weighted by Crippen LogP contribution is 2.06. The molecule has 0 amide bonds. The Labute approximate surface area is 48.6 Å². The van der Waals surface area contributed by atoms with Crippen LogP contribution in [-0.2, 0) is 4.84 Å². The van der Waals surface area contributed by atoms with Crippen molar-refractivity contribution in [3.8, 4) is 0 Å². The molecule has 0 fully saturated rings. The van der Waals surface area contributed by atoms with Crippen LogP contribution in [0.3, 0.4) is 0 Å². The Morgan fingerprint density at radius 1 is 1.50 bits per heavy atom. The van der Waals surface area contributed by atoms with Crippen molar-refractivity contribution in [2.75, 3.05) is 0 Å². The van der Waals surface area contributed by atoms with Crippen LogP contribution >= 0.6 is 0 Å². The lowest BCUT2D eigenvalue weighted by molar-refractivity contribution is 0.0566. The highest BCUT2D eigenvalue weighted by atomic mass is 16.6. The minimum atomic E-state index is 0.191. The van der Waals surface area contributed by atoms with Crippen LogP contribution in [0.1, 0.15) is 12.8 Å². The van der Waals surface area contributed by atoms with Crippen LogP contribution in [-0.4, -0.2) is 6.10 Å². The number of hydrogen-bond donors (Lipinski definition) is 1. The molecule has 0 heterocycles. The van der Waals surface area contributed by atoms with Crippen molar-refractivity contribution in [1.29, 1.82) is 0 Å². The molecule has 2 N–H and O–H groups in total. The van der Waals surface area contributed by atoms with E-state index in [0.717, 1.165) is 12.8 Å². The van der Waals surface area contributed by atoms with E-state index in [1.54, 1.807) is 0 Å². The second-order valence-corrected chi connectivity index (χ2v) is 1.80. The van der Waals surface area contributed by atoms with Gasteiger partial charge in [-0.2, -0.15) is 0 Å². The highest BCUT2D eigenvalue weighted by Gasteiger charge is 2.04. The molecular weight excluding hydrogens is 102 g/mol. The van der Waals surface area contributed by atoms with E-state index in [-0.39, 0.29) is 6.10 Å². The maximum absolute atomic E-state index is 4.94. The summed E-state index contributed by atoms with van der Waals surface area (Å²) in [6.45, 7) is 0. The molecule has 0 saturated heterocycles. The lowest BCUT2D eigenvalue weighted by atomic mass is 10.1. The molecule has 0 saturated carbocycles. The van der Waals surface area contributed by atoms with Crippen molar-refractivity contribution in [3.05, 3.63) is 17.9 Å². The van der Waals surface area contributed by atoms with Crippen LogP contribution < -0.4 is 5.90 Å². The Morgan fingerprint density at radius 3 is 2.50 bits per heavy atom. The van der Waals surface area contributed by atoms with Crippen LogP contribution in [0.4, 0.5) is 0 Å². The molecule has 0 bridgehead atoms. The first-order valence-electron chi connectivity index (χ1n) is 2.68. The van der Waals surface area contributed by atoms with Gasteiger partial charge in [-0.3, -0.25) is 0 Å². The zero-order valence-electron chi connectivity index (χ0n) is 4.63. The second-order valence-electron chi connectivity index (χ2n) is 1.80. The predicted molar refractivity (Wildman–Crippen MR) is 30.9 cm³/mol. The Kier molecular flexibility index (Phi) is 1.86. The fourth-order valence-corrected chi connectivity index (χ4v) is 0.690. The van der Waals surface area contributed by atoms with Crippen molar-refractivity contribution in [2.45, 2.75) is 18.9 Å². The number of hydrogen-bond acceptors (Lipinski definition) is 2. The quantitative estimate of drug-likeness (QED) is 0.400. The van der Waals surface area contributed by atoms with Crippen molar-refractivity contribution < 1.29 is 4.84 Å². The third kappa shape index (κ3) is 1.20. The second kappa shape index (κ2) is 2.68. The molecule has 1 aliphatic rings. The van der Waals surface area contributed by atoms with Gasteiger partial charge < -0.3 is 4.84 Å². The van der Waals surface area contributed by atoms with E-state index in [2.05, 4.69) is 10.6 Å². The molecule has 0 aromatic carbocycles. The summed E-state index contributed by atoms with van der Waals surface area (Å²) in [7, 11) is 0. The van der Waals surface area contributed by atoms with Crippen molar-refractivity contribution >= 4 is 0 Å². The van der Waals surface area contributed by atoms with Gasteiger partial charge in [-0.25, -0.2) is 5.90 Å². The summed E-state index contributed by atoms with van der Waals surface area (Å²) in [6, 6.07) is 0. The first-order valence-corrected chi connectivity index (χ1v) is 2.68. The molecule has 0 radical (unpaired) electrons. The minimum absolute atomic E-state index is 0.191. The predicted octanol–water partition coefficient (Wildman–Crippen LogP) is 0.750. The van der Waals surface area contributed by atoms with Crippen molar-refractivity contribution in [1.82, 2.24) is 0 Å². The van der Waals surface area contributed by atoms with Gasteiger partial charge in [0.05, 0.1) is 6.10 Å². The lowest BCUT2D eigenvalue weighted by Gasteiger charge is -2.09. The van der Waals surface area contributed by atoms with Crippen LogP contribution in [0.25, 0.3) is 0 Å². The molecule has 0 spiro atoms. The van der Waals surface area contributed by atoms with Gasteiger partial charge in [0, 0.05) is 12.8 Å². The Hall–Kier alpha value is -0.560. The highest BCUT2D eigenvalue weighted by molar-refractivity contribution is 4.94. The SMILES string of the molecule is NOC1CC=C=CC1. The van der Waals surface area contributed by atoms with Gasteiger partial charge in [-0.05, 0) is 12.2 Å². The third-order valence-electron chi connectivity index (χ3n) is 1.19. The molecule has 0 unspecified atom stereocenters. The summed E-state index contributed by atoms with van der Waals surface area (Å²) < 4.78 is 0. The monoisotopic (exact) mass is 111 g/mol. The molecule has 2 heteroatoms. The van der Waals surface area contributed by atoms with Crippen molar-refractivity contribution in [2.24, 2.45) is 5.90 Å². The summed E-state index contributed by atoms with van der Waals surface area (Å²) in [6.07, 6.45) is 5.85. The molecule has 8 heavy (non-hydrogen) atoms. The van der Waals surface area contributed by atoms with Gasteiger partial charge >= 0.3 is 0 Å². The van der Waals surface area contributed by atoms with E-state index < -0.39 is 0 Å². The van der Waals surface area contributed by atoms with Crippen LogP contribution in [0.2, 0.25) is 0 Å². The van der Waals surface area contributed by atoms with Crippen LogP contribution in [0.5, 0.6) is 0 Å². The van der Waals surface area contributed by atoms with E-state index in [9.17, 15) is 0 Å². The Bertz CT molecular complexity index is 114. The topological polar surface area (TPSA) is 35.2 Å². The zero-order valence-corrected chi connectivity index (χ0v) is 4.63. The summed E-state index contributed by atoms with van der Waals surface area (Å²) in [5.41, 5.74) is 2.96. The Balaban J connectivity index is 2.37. The minimum Gasteiger partial charge on any atom is -0.301 e. The molecule has 1 rings (SSSR count). The summed E-state index contributed by atoms with van der Waals surface area (Å²) >= 11 is 0. The zero-order chi connectivity index (χ0) is 5.82. The van der Waals surface area contributed by atoms with E-state index in [0.29, 0.717) is 0 Å². The summed E-state index contributed by atoms with van der Waals surface area (Å²) in [5, 5.41) is 0. The van der Waals surface area contributed by atoms with Gasteiger partial charge in [-0.1, -0.05) is 0 Å². The fraction of sp³-hybridized carbons (Fsp3) is 0.500. The van der Waals surface area contributed by atoms with Gasteiger partial charge in [0.1, 0.15) is 0 Å². The van der Waals surface area contributed by atoms with Gasteiger partial charge in [0.15, 0.2) is 0 Å². The third-order valence-corrected chi connectivity index (χ3v) is 1.19. The van der Waals surface area contributed by atoms with E-state index >= 15 is 0 Å². The number of rotatable bonds is 1. The van der Waals surface area contributed by atoms with E-state index in [1.807, 2.05) is 12.2 Å². The average Bonchev–Trinajstić information content (AvgIpc) is 1.90. The molecular formula is C6H9NO. The standard InChI is InChI=1S/C6H9NO/c7-8-6-4-2-1-3-5-6/h2-3,6H,4-5,7H2. The molecule has 0 atom stereocenters. The number of nitrogens with two attached hydrogens (primary N) is 1. The molecule has 0 aliphatic heterocycles. The molecule has 2 nitrogen and oxygen atoms in total. The fourth-order valence-electron chi connectivity index (χ4n) is 0.690. The van der Waals surface area contributed by atoms with E-state index in [4.69, 9.17) is 5.90 Å². The first kappa shape index (κ1) is 5.57. The van der Waals surface area contributed by atoms with Crippen molar-refractivity contribution in [3.63, 3.8) is 0 Å². The molecule has 0 aromatic heterocycles. The summed E-state index contributed by atoms with van der Waals surface area (Å²) in [5.74, 6) is 4.94. The lowest BCUT2D eigenvalue weighted by Crippen LogP contribution is -2.16. The maximum atomic E-state index is 4.94. The smallest absolute Gasteiger partial charge is 0.0868 e. The normalized spacial score (nSPS) is 19.6. The Morgan fingerprint density at radius 2 is 2.12 bits per heavy atom. The van der Waals surface area contributed by atoms with Gasteiger partial charge in [0.2, 0.25) is 0 Å². The molecule has 0 aromatic rings.